The van der Waals surface area contributed by atoms with Gasteiger partial charge in [0.25, 0.3) is 0 Å². The number of carbonyl (C=O) groups is 1. The lowest BCUT2D eigenvalue weighted by Crippen LogP contribution is -2.20. The van der Waals surface area contributed by atoms with Gasteiger partial charge in [-0.25, -0.2) is 9.18 Å². The number of urea groups is 1. The van der Waals surface area contributed by atoms with Crippen LogP contribution in [-0.2, 0) is 0 Å². The van der Waals surface area contributed by atoms with Crippen molar-refractivity contribution in [3.63, 3.8) is 0 Å². The maximum atomic E-state index is 13.0. The number of hydrogen-bond acceptors (Lipinski definition) is 2. The molecule has 0 aliphatic heterocycles. The van der Waals surface area contributed by atoms with E-state index in [-0.39, 0.29) is 5.02 Å². The summed E-state index contributed by atoms with van der Waals surface area (Å²) in [7, 11) is 0. The van der Waals surface area contributed by atoms with Crippen molar-refractivity contribution in [2.45, 2.75) is 6.92 Å². The molecule has 2 rings (SSSR count). The van der Waals surface area contributed by atoms with Gasteiger partial charge in [0.05, 0.1) is 17.3 Å². The molecule has 2 amide bonds. The first kappa shape index (κ1) is 15.1. The summed E-state index contributed by atoms with van der Waals surface area (Å²) >= 11 is 5.66. The van der Waals surface area contributed by atoms with Crippen molar-refractivity contribution in [1.82, 2.24) is 0 Å². The van der Waals surface area contributed by atoms with Gasteiger partial charge in [-0.3, -0.25) is 0 Å². The first-order chi connectivity index (χ1) is 10.1. The molecule has 0 aliphatic carbocycles. The van der Waals surface area contributed by atoms with Gasteiger partial charge in [-0.1, -0.05) is 23.7 Å². The Hall–Kier alpha value is -2.27. The Morgan fingerprint density at radius 3 is 2.71 bits per heavy atom. The zero-order valence-electron chi connectivity index (χ0n) is 11.3. The van der Waals surface area contributed by atoms with E-state index in [0.717, 1.165) is 0 Å². The smallest absolute Gasteiger partial charge is 0.323 e. The Morgan fingerprint density at radius 1 is 1.24 bits per heavy atom. The standard InChI is InChI=1S/C15H14ClFN2O2/c1-2-21-14-6-4-3-5-13(14)19-15(20)18-10-7-8-12(17)11(16)9-10/h3-9H,2H2,1H3,(H2,18,19,20). The number of carbonyl (C=O) groups excluding carboxylic acids is 1. The molecule has 2 N–H and O–H groups in total. The quantitative estimate of drug-likeness (QED) is 0.872. The molecule has 2 aromatic rings. The van der Waals surface area contributed by atoms with E-state index >= 15 is 0 Å². The molecule has 0 fully saturated rings. The van der Waals surface area contributed by atoms with Gasteiger partial charge in [-0.05, 0) is 37.3 Å². The van der Waals surface area contributed by atoms with E-state index in [0.29, 0.717) is 23.7 Å². The van der Waals surface area contributed by atoms with Crippen LogP contribution in [0.15, 0.2) is 42.5 Å². The summed E-state index contributed by atoms with van der Waals surface area (Å²) in [6, 6.07) is 10.6. The summed E-state index contributed by atoms with van der Waals surface area (Å²) in [6.07, 6.45) is 0. The molecule has 2 aromatic carbocycles. The summed E-state index contributed by atoms with van der Waals surface area (Å²) < 4.78 is 18.5. The second kappa shape index (κ2) is 6.95. The highest BCUT2D eigenvalue weighted by atomic mass is 35.5. The summed E-state index contributed by atoms with van der Waals surface area (Å²) in [6.45, 7) is 2.35. The molecule has 110 valence electrons. The maximum Gasteiger partial charge on any atom is 0.323 e. The van der Waals surface area contributed by atoms with E-state index in [2.05, 4.69) is 10.6 Å². The summed E-state index contributed by atoms with van der Waals surface area (Å²) in [5, 5.41) is 5.18. The third-order valence-electron chi connectivity index (χ3n) is 2.61. The van der Waals surface area contributed by atoms with Crippen LogP contribution in [0.25, 0.3) is 0 Å². The van der Waals surface area contributed by atoms with E-state index in [4.69, 9.17) is 16.3 Å². The van der Waals surface area contributed by atoms with Crippen LogP contribution in [0.2, 0.25) is 5.02 Å². The second-order valence-corrected chi connectivity index (χ2v) is 4.54. The number of benzene rings is 2. The fraction of sp³-hybridized carbons (Fsp3) is 0.133. The average Bonchev–Trinajstić information content (AvgIpc) is 2.45. The minimum Gasteiger partial charge on any atom is -0.492 e. The van der Waals surface area contributed by atoms with Gasteiger partial charge in [-0.2, -0.15) is 0 Å². The summed E-state index contributed by atoms with van der Waals surface area (Å²) in [5.41, 5.74) is 0.942. The predicted octanol–water partition coefficient (Wildman–Crippen LogP) is 4.52. The van der Waals surface area contributed by atoms with Crippen LogP contribution in [0.5, 0.6) is 5.75 Å². The molecule has 0 unspecified atom stereocenters. The fourth-order valence-corrected chi connectivity index (χ4v) is 1.89. The summed E-state index contributed by atoms with van der Waals surface area (Å²) in [5.74, 6) is 0.0385. The van der Waals surface area contributed by atoms with Crippen LogP contribution in [0, 0.1) is 5.82 Å². The van der Waals surface area contributed by atoms with Gasteiger partial charge >= 0.3 is 6.03 Å². The van der Waals surface area contributed by atoms with Crippen LogP contribution in [-0.4, -0.2) is 12.6 Å². The molecular weight excluding hydrogens is 295 g/mol. The Morgan fingerprint density at radius 2 is 2.00 bits per heavy atom. The SMILES string of the molecule is CCOc1ccccc1NC(=O)Nc1ccc(F)c(Cl)c1. The van der Waals surface area contributed by atoms with Gasteiger partial charge in [0.2, 0.25) is 0 Å². The van der Waals surface area contributed by atoms with Gasteiger partial charge < -0.3 is 15.4 Å². The molecule has 0 radical (unpaired) electrons. The van der Waals surface area contributed by atoms with Gasteiger partial charge in [0.15, 0.2) is 0 Å². The number of nitrogens with one attached hydrogen (secondary N) is 2. The van der Waals surface area contributed by atoms with E-state index in [1.165, 1.54) is 18.2 Å². The number of anilines is 2. The van der Waals surface area contributed by atoms with Gasteiger partial charge in [0, 0.05) is 5.69 Å². The van der Waals surface area contributed by atoms with Crippen molar-refractivity contribution in [2.24, 2.45) is 0 Å². The Labute approximate surface area is 126 Å². The monoisotopic (exact) mass is 308 g/mol. The molecule has 0 aliphatic rings. The molecule has 0 saturated carbocycles. The lowest BCUT2D eigenvalue weighted by molar-refractivity contribution is 0.262. The molecule has 0 saturated heterocycles. The second-order valence-electron chi connectivity index (χ2n) is 4.14. The topological polar surface area (TPSA) is 50.4 Å². The zero-order chi connectivity index (χ0) is 15.2. The highest BCUT2D eigenvalue weighted by Crippen LogP contribution is 2.24. The van der Waals surface area contributed by atoms with E-state index in [9.17, 15) is 9.18 Å². The van der Waals surface area contributed by atoms with Crippen LogP contribution < -0.4 is 15.4 Å². The Kier molecular flexibility index (Phi) is 5.00. The highest BCUT2D eigenvalue weighted by molar-refractivity contribution is 6.31. The van der Waals surface area contributed by atoms with Crippen molar-refractivity contribution < 1.29 is 13.9 Å². The lowest BCUT2D eigenvalue weighted by atomic mass is 10.3. The van der Waals surface area contributed by atoms with Crippen LogP contribution in [0.3, 0.4) is 0 Å². The van der Waals surface area contributed by atoms with Crippen molar-refractivity contribution in [3.05, 3.63) is 53.3 Å². The van der Waals surface area contributed by atoms with E-state index in [1.54, 1.807) is 18.2 Å². The molecule has 0 aromatic heterocycles. The first-order valence-electron chi connectivity index (χ1n) is 6.35. The molecule has 6 heteroatoms. The van der Waals surface area contributed by atoms with Gasteiger partial charge in [-0.15, -0.1) is 0 Å². The lowest BCUT2D eigenvalue weighted by Gasteiger charge is -2.12. The highest BCUT2D eigenvalue weighted by Gasteiger charge is 2.08. The van der Waals surface area contributed by atoms with Crippen LogP contribution in [0.4, 0.5) is 20.6 Å². The minimum absolute atomic E-state index is 0.0532. The molecule has 4 nitrogen and oxygen atoms in total. The molecule has 0 spiro atoms. The molecule has 21 heavy (non-hydrogen) atoms. The Balaban J connectivity index is 2.06. The molecule has 0 atom stereocenters. The molecular formula is C15H14ClFN2O2. The van der Waals surface area contributed by atoms with Crippen molar-refractivity contribution in [1.29, 1.82) is 0 Å². The van der Waals surface area contributed by atoms with E-state index in [1.807, 2.05) is 13.0 Å². The maximum absolute atomic E-state index is 13.0. The Bertz CT molecular complexity index is 649. The van der Waals surface area contributed by atoms with Gasteiger partial charge in [0.1, 0.15) is 11.6 Å². The number of para-hydroxylation sites is 2. The van der Waals surface area contributed by atoms with Crippen molar-refractivity contribution in [2.75, 3.05) is 17.2 Å². The number of ether oxygens (including phenoxy) is 1. The largest absolute Gasteiger partial charge is 0.492 e. The third-order valence-corrected chi connectivity index (χ3v) is 2.90. The predicted molar refractivity (Wildman–Crippen MR) is 81.7 cm³/mol. The minimum atomic E-state index is -0.538. The third kappa shape index (κ3) is 4.10. The van der Waals surface area contributed by atoms with Crippen molar-refractivity contribution >= 4 is 29.0 Å². The zero-order valence-corrected chi connectivity index (χ0v) is 12.1. The van der Waals surface area contributed by atoms with Crippen LogP contribution >= 0.6 is 11.6 Å². The van der Waals surface area contributed by atoms with Crippen molar-refractivity contribution in [3.8, 4) is 5.75 Å². The van der Waals surface area contributed by atoms with E-state index < -0.39 is 11.8 Å². The number of halogens is 2. The summed E-state index contributed by atoms with van der Waals surface area (Å²) in [4.78, 5) is 11.9. The van der Waals surface area contributed by atoms with Crippen LogP contribution in [0.1, 0.15) is 6.92 Å². The number of amides is 2. The average molecular weight is 309 g/mol. The molecule has 0 heterocycles. The normalized spacial score (nSPS) is 10.0. The molecule has 0 bridgehead atoms. The first-order valence-corrected chi connectivity index (χ1v) is 6.73. The number of rotatable bonds is 4. The fourth-order valence-electron chi connectivity index (χ4n) is 1.71. The number of hydrogen-bond donors (Lipinski definition) is 2.